The van der Waals surface area contributed by atoms with Crippen LogP contribution in [-0.4, -0.2) is 18.2 Å². The van der Waals surface area contributed by atoms with E-state index in [1.807, 2.05) is 11.8 Å². The van der Waals surface area contributed by atoms with Crippen molar-refractivity contribution in [3.63, 3.8) is 0 Å². The van der Waals surface area contributed by atoms with Crippen molar-refractivity contribution in [3.8, 4) is 0 Å². The standard InChI is InChI=1S/C12H16ClNS/c13-6-2-7-14-11-4-5-12-10(9-11)3-1-8-15-12/h4-5,9,14H,1-3,6-8H2. The van der Waals surface area contributed by atoms with Crippen molar-refractivity contribution in [3.05, 3.63) is 23.8 Å². The number of thioether (sulfide) groups is 1. The van der Waals surface area contributed by atoms with Gasteiger partial charge in [0.05, 0.1) is 0 Å². The fourth-order valence-corrected chi connectivity index (χ4v) is 2.92. The maximum Gasteiger partial charge on any atom is 0.0343 e. The van der Waals surface area contributed by atoms with Crippen molar-refractivity contribution >= 4 is 29.1 Å². The number of fused-ring (bicyclic) bond motifs is 1. The molecule has 1 aliphatic heterocycles. The van der Waals surface area contributed by atoms with E-state index in [0.717, 1.165) is 18.8 Å². The molecule has 1 nitrogen and oxygen atoms in total. The molecule has 0 unspecified atom stereocenters. The van der Waals surface area contributed by atoms with E-state index in [9.17, 15) is 0 Å². The summed E-state index contributed by atoms with van der Waals surface area (Å²) >= 11 is 7.62. The quantitative estimate of drug-likeness (QED) is 0.636. The van der Waals surface area contributed by atoms with Gasteiger partial charge in [-0.15, -0.1) is 23.4 Å². The van der Waals surface area contributed by atoms with Crippen LogP contribution < -0.4 is 5.32 Å². The summed E-state index contributed by atoms with van der Waals surface area (Å²) in [5.41, 5.74) is 2.74. The molecule has 0 aromatic heterocycles. The van der Waals surface area contributed by atoms with Gasteiger partial charge in [-0.1, -0.05) is 0 Å². The van der Waals surface area contributed by atoms with Gasteiger partial charge < -0.3 is 5.32 Å². The van der Waals surface area contributed by atoms with Gasteiger partial charge in [-0.25, -0.2) is 0 Å². The maximum atomic E-state index is 5.64. The van der Waals surface area contributed by atoms with E-state index in [0.29, 0.717) is 0 Å². The maximum absolute atomic E-state index is 5.64. The average molecular weight is 242 g/mol. The average Bonchev–Trinajstić information content (AvgIpc) is 2.29. The highest BCUT2D eigenvalue weighted by Crippen LogP contribution is 2.31. The number of aryl methyl sites for hydroxylation is 1. The van der Waals surface area contributed by atoms with E-state index in [1.54, 1.807) is 0 Å². The zero-order valence-corrected chi connectivity index (χ0v) is 10.3. The van der Waals surface area contributed by atoms with E-state index in [1.165, 1.54) is 34.7 Å². The fraction of sp³-hybridized carbons (Fsp3) is 0.500. The van der Waals surface area contributed by atoms with Crippen LogP contribution in [-0.2, 0) is 6.42 Å². The summed E-state index contributed by atoms with van der Waals surface area (Å²) < 4.78 is 0. The first-order valence-electron chi connectivity index (χ1n) is 5.46. The van der Waals surface area contributed by atoms with Crippen LogP contribution in [0.1, 0.15) is 18.4 Å². The Bertz CT molecular complexity index is 327. The minimum Gasteiger partial charge on any atom is -0.385 e. The number of hydrogen-bond donors (Lipinski definition) is 1. The third-order valence-electron chi connectivity index (χ3n) is 2.55. The monoisotopic (exact) mass is 241 g/mol. The Hall–Kier alpha value is -0.340. The molecular weight excluding hydrogens is 226 g/mol. The van der Waals surface area contributed by atoms with Gasteiger partial charge in [0.1, 0.15) is 0 Å². The summed E-state index contributed by atoms with van der Waals surface area (Å²) in [6.45, 7) is 0.968. The van der Waals surface area contributed by atoms with Gasteiger partial charge in [0, 0.05) is 23.0 Å². The molecule has 0 bridgehead atoms. The summed E-state index contributed by atoms with van der Waals surface area (Å²) in [7, 11) is 0. The second-order valence-electron chi connectivity index (χ2n) is 3.74. The molecule has 1 N–H and O–H groups in total. The van der Waals surface area contributed by atoms with Gasteiger partial charge >= 0.3 is 0 Å². The molecule has 0 radical (unpaired) electrons. The minimum atomic E-state index is 0.730. The Morgan fingerprint density at radius 1 is 1.40 bits per heavy atom. The Morgan fingerprint density at radius 2 is 2.33 bits per heavy atom. The zero-order chi connectivity index (χ0) is 10.5. The fourth-order valence-electron chi connectivity index (χ4n) is 1.77. The van der Waals surface area contributed by atoms with Crippen LogP contribution in [0.25, 0.3) is 0 Å². The molecule has 15 heavy (non-hydrogen) atoms. The topological polar surface area (TPSA) is 12.0 Å². The van der Waals surface area contributed by atoms with Crippen LogP contribution in [0.5, 0.6) is 0 Å². The lowest BCUT2D eigenvalue weighted by Gasteiger charge is -2.16. The van der Waals surface area contributed by atoms with Crippen LogP contribution in [0, 0.1) is 0 Å². The Balaban J connectivity index is 2.00. The summed E-state index contributed by atoms with van der Waals surface area (Å²) in [5, 5.41) is 3.40. The summed E-state index contributed by atoms with van der Waals surface area (Å²) in [6.07, 6.45) is 3.56. The number of rotatable bonds is 4. The third kappa shape index (κ3) is 3.05. The highest BCUT2D eigenvalue weighted by atomic mass is 35.5. The summed E-state index contributed by atoms with van der Waals surface area (Å²) in [6, 6.07) is 6.70. The highest BCUT2D eigenvalue weighted by Gasteiger charge is 2.09. The molecule has 0 atom stereocenters. The number of nitrogens with one attached hydrogen (secondary N) is 1. The van der Waals surface area contributed by atoms with Crippen LogP contribution in [0.3, 0.4) is 0 Å². The minimum absolute atomic E-state index is 0.730. The smallest absolute Gasteiger partial charge is 0.0343 e. The molecule has 0 aliphatic carbocycles. The molecule has 1 heterocycles. The third-order valence-corrected chi connectivity index (χ3v) is 4.02. The molecule has 1 aliphatic rings. The van der Waals surface area contributed by atoms with Gasteiger partial charge in [0.15, 0.2) is 0 Å². The molecule has 0 fully saturated rings. The molecule has 0 spiro atoms. The predicted octanol–water partition coefficient (Wildman–Crippen LogP) is 3.77. The largest absolute Gasteiger partial charge is 0.385 e. The molecule has 0 saturated carbocycles. The molecule has 0 amide bonds. The number of alkyl halides is 1. The Morgan fingerprint density at radius 3 is 3.20 bits per heavy atom. The van der Waals surface area contributed by atoms with Gasteiger partial charge in [-0.3, -0.25) is 0 Å². The molecule has 1 aromatic rings. The molecule has 0 saturated heterocycles. The molecular formula is C12H16ClNS. The highest BCUT2D eigenvalue weighted by molar-refractivity contribution is 7.99. The van der Waals surface area contributed by atoms with Crippen molar-refractivity contribution in [2.24, 2.45) is 0 Å². The van der Waals surface area contributed by atoms with Crippen LogP contribution in [0.2, 0.25) is 0 Å². The van der Waals surface area contributed by atoms with Crippen molar-refractivity contribution in [1.82, 2.24) is 0 Å². The number of benzene rings is 1. The van der Waals surface area contributed by atoms with Crippen molar-refractivity contribution in [2.75, 3.05) is 23.5 Å². The lowest BCUT2D eigenvalue weighted by atomic mass is 10.1. The first-order valence-corrected chi connectivity index (χ1v) is 6.98. The first-order chi connectivity index (χ1) is 7.40. The van der Waals surface area contributed by atoms with E-state index in [4.69, 9.17) is 11.6 Å². The van der Waals surface area contributed by atoms with Crippen LogP contribution in [0.4, 0.5) is 5.69 Å². The van der Waals surface area contributed by atoms with Crippen molar-refractivity contribution in [1.29, 1.82) is 0 Å². The molecule has 2 rings (SSSR count). The normalized spacial score (nSPS) is 14.7. The van der Waals surface area contributed by atoms with Crippen molar-refractivity contribution in [2.45, 2.75) is 24.2 Å². The summed E-state index contributed by atoms with van der Waals surface area (Å²) in [5.74, 6) is 2.00. The van der Waals surface area contributed by atoms with E-state index in [-0.39, 0.29) is 0 Å². The second-order valence-corrected chi connectivity index (χ2v) is 5.26. The second kappa shape index (κ2) is 5.66. The van der Waals surface area contributed by atoms with Crippen molar-refractivity contribution < 1.29 is 0 Å². The predicted molar refractivity (Wildman–Crippen MR) is 69.3 cm³/mol. The lowest BCUT2D eigenvalue weighted by molar-refractivity contribution is 0.889. The van der Waals surface area contributed by atoms with Crippen LogP contribution >= 0.6 is 23.4 Å². The SMILES string of the molecule is ClCCCNc1ccc2c(c1)CCCS2. The van der Waals surface area contributed by atoms with Crippen LogP contribution in [0.15, 0.2) is 23.1 Å². The number of anilines is 1. The number of hydrogen-bond acceptors (Lipinski definition) is 2. The number of halogens is 1. The van der Waals surface area contributed by atoms with Gasteiger partial charge in [-0.2, -0.15) is 0 Å². The van der Waals surface area contributed by atoms with E-state index < -0.39 is 0 Å². The Kier molecular flexibility index (Phi) is 4.21. The zero-order valence-electron chi connectivity index (χ0n) is 8.76. The van der Waals surface area contributed by atoms with Gasteiger partial charge in [0.25, 0.3) is 0 Å². The first kappa shape index (κ1) is 11.2. The lowest BCUT2D eigenvalue weighted by Crippen LogP contribution is -2.04. The van der Waals surface area contributed by atoms with E-state index in [2.05, 4.69) is 23.5 Å². The molecule has 82 valence electrons. The van der Waals surface area contributed by atoms with E-state index >= 15 is 0 Å². The molecule has 3 heteroatoms. The van der Waals surface area contributed by atoms with Gasteiger partial charge in [0.2, 0.25) is 0 Å². The summed E-state index contributed by atoms with van der Waals surface area (Å²) in [4.78, 5) is 1.46. The van der Waals surface area contributed by atoms with Gasteiger partial charge in [-0.05, 0) is 48.8 Å². The Labute approximate surface area is 101 Å². The molecule has 1 aromatic carbocycles.